The number of carbonyl (C=O) groups excluding carboxylic acids is 2. The molecule has 0 radical (unpaired) electrons. The lowest BCUT2D eigenvalue weighted by molar-refractivity contribution is -0.141. The number of amides is 1. The van der Waals surface area contributed by atoms with Crippen molar-refractivity contribution in [2.75, 3.05) is 13.7 Å². The van der Waals surface area contributed by atoms with E-state index in [9.17, 15) is 14.4 Å². The second kappa shape index (κ2) is 3.42. The summed E-state index contributed by atoms with van der Waals surface area (Å²) in [5, 5.41) is 8.64. The van der Waals surface area contributed by atoms with Crippen molar-refractivity contribution in [3.05, 3.63) is 0 Å². The lowest BCUT2D eigenvalue weighted by Gasteiger charge is -2.17. The van der Waals surface area contributed by atoms with Gasteiger partial charge in [0.05, 0.1) is 13.7 Å². The quantitative estimate of drug-likeness (QED) is 0.597. The van der Waals surface area contributed by atoms with Crippen molar-refractivity contribution in [1.29, 1.82) is 0 Å². The number of ketones is 1. The number of nitrogens with zero attached hydrogens (tertiary/aromatic N) is 1. The van der Waals surface area contributed by atoms with Crippen LogP contribution in [-0.2, 0) is 14.3 Å². The summed E-state index contributed by atoms with van der Waals surface area (Å²) in [5.74, 6) is -1.45. The van der Waals surface area contributed by atoms with E-state index in [4.69, 9.17) is 5.11 Å². The summed E-state index contributed by atoms with van der Waals surface area (Å²) in [6, 6.07) is -1.07. The molecule has 1 atom stereocenters. The van der Waals surface area contributed by atoms with Crippen molar-refractivity contribution in [3.8, 4) is 0 Å². The average molecular weight is 187 g/mol. The number of Topliss-reactive ketones (excluding diaryl/α,β-unsaturated/α-hetero) is 1. The van der Waals surface area contributed by atoms with E-state index in [0.717, 1.165) is 12.0 Å². The minimum absolute atomic E-state index is 0.134. The minimum atomic E-state index is -1.18. The number of methoxy groups -OCH3 is 1. The number of hydrogen-bond donors (Lipinski definition) is 1. The van der Waals surface area contributed by atoms with Crippen LogP contribution in [0.25, 0.3) is 0 Å². The van der Waals surface area contributed by atoms with E-state index >= 15 is 0 Å². The van der Waals surface area contributed by atoms with Crippen LogP contribution >= 0.6 is 0 Å². The van der Waals surface area contributed by atoms with Gasteiger partial charge >= 0.3 is 12.1 Å². The Morgan fingerprint density at radius 3 is 2.69 bits per heavy atom. The molecule has 1 saturated heterocycles. The fourth-order valence-electron chi connectivity index (χ4n) is 1.22. The summed E-state index contributed by atoms with van der Waals surface area (Å²) in [6.07, 6.45) is -0.914. The highest BCUT2D eigenvalue weighted by Crippen LogP contribution is 2.15. The molecule has 1 heterocycles. The molecule has 72 valence electrons. The summed E-state index contributed by atoms with van der Waals surface area (Å²) in [4.78, 5) is 33.3. The van der Waals surface area contributed by atoms with Crippen LogP contribution < -0.4 is 0 Å². The van der Waals surface area contributed by atoms with Crippen LogP contribution in [0.15, 0.2) is 0 Å². The van der Waals surface area contributed by atoms with Gasteiger partial charge < -0.3 is 9.84 Å². The molecular weight excluding hydrogens is 178 g/mol. The number of aliphatic carboxylic acids is 1. The lowest BCUT2D eigenvalue weighted by Crippen LogP contribution is -2.40. The fraction of sp³-hybridized carbons (Fsp3) is 0.571. The summed E-state index contributed by atoms with van der Waals surface area (Å²) in [7, 11) is 1.14. The number of ether oxygens (including phenoxy) is 1. The van der Waals surface area contributed by atoms with Gasteiger partial charge in [-0.25, -0.2) is 9.59 Å². The van der Waals surface area contributed by atoms with Gasteiger partial charge in [0.1, 0.15) is 6.04 Å². The van der Waals surface area contributed by atoms with E-state index in [2.05, 4.69) is 4.74 Å². The molecule has 6 heteroatoms. The molecule has 0 aromatic heterocycles. The first kappa shape index (κ1) is 9.50. The van der Waals surface area contributed by atoms with Crippen LogP contribution in [0.3, 0.4) is 0 Å². The molecule has 13 heavy (non-hydrogen) atoms. The molecule has 1 amide bonds. The zero-order chi connectivity index (χ0) is 10.0. The van der Waals surface area contributed by atoms with Crippen molar-refractivity contribution in [2.24, 2.45) is 0 Å². The predicted molar refractivity (Wildman–Crippen MR) is 40.2 cm³/mol. The maximum absolute atomic E-state index is 11.0. The third-order valence-corrected chi connectivity index (χ3v) is 1.84. The molecule has 6 nitrogen and oxygen atoms in total. The van der Waals surface area contributed by atoms with E-state index in [1.165, 1.54) is 0 Å². The molecule has 1 aliphatic rings. The Bertz CT molecular complexity index is 262. The lowest BCUT2D eigenvalue weighted by atomic mass is 10.2. The summed E-state index contributed by atoms with van der Waals surface area (Å²) in [6.45, 7) is -0.177. The first-order valence-electron chi connectivity index (χ1n) is 3.65. The number of likely N-dealkylation sites (tertiary alicyclic amines) is 1. The topological polar surface area (TPSA) is 83.9 Å². The third-order valence-electron chi connectivity index (χ3n) is 1.84. The highest BCUT2D eigenvalue weighted by molar-refractivity contribution is 5.95. The maximum atomic E-state index is 11.0. The maximum Gasteiger partial charge on any atom is 0.410 e. The standard InChI is InChI=1S/C7H9NO5/c1-13-7(12)8-3-4(9)2-5(8)6(10)11/h5H,2-3H2,1H3,(H,10,11)/t5-/m0/s1. The van der Waals surface area contributed by atoms with Crippen molar-refractivity contribution >= 4 is 17.8 Å². The smallest absolute Gasteiger partial charge is 0.410 e. The van der Waals surface area contributed by atoms with Crippen LogP contribution in [0.5, 0.6) is 0 Å². The minimum Gasteiger partial charge on any atom is -0.480 e. The van der Waals surface area contributed by atoms with Gasteiger partial charge in [0.25, 0.3) is 0 Å². The van der Waals surface area contributed by atoms with Crippen LogP contribution in [0.4, 0.5) is 4.79 Å². The summed E-state index contributed by atoms with van der Waals surface area (Å²) >= 11 is 0. The van der Waals surface area contributed by atoms with Gasteiger partial charge in [0.2, 0.25) is 0 Å². The monoisotopic (exact) mass is 187 g/mol. The van der Waals surface area contributed by atoms with Gasteiger partial charge in [-0.05, 0) is 0 Å². The summed E-state index contributed by atoms with van der Waals surface area (Å²) in [5.41, 5.74) is 0. The zero-order valence-electron chi connectivity index (χ0n) is 7.02. The van der Waals surface area contributed by atoms with E-state index in [0.29, 0.717) is 0 Å². The van der Waals surface area contributed by atoms with Gasteiger partial charge in [-0.2, -0.15) is 0 Å². The largest absolute Gasteiger partial charge is 0.480 e. The van der Waals surface area contributed by atoms with Crippen LogP contribution in [0, 0.1) is 0 Å². The molecule has 1 fully saturated rings. The van der Waals surface area contributed by atoms with E-state index in [-0.39, 0.29) is 18.7 Å². The van der Waals surface area contributed by atoms with Gasteiger partial charge in [0, 0.05) is 6.42 Å². The second-order valence-corrected chi connectivity index (χ2v) is 2.69. The van der Waals surface area contributed by atoms with E-state index in [1.54, 1.807) is 0 Å². The van der Waals surface area contributed by atoms with Crippen molar-refractivity contribution < 1.29 is 24.2 Å². The highest BCUT2D eigenvalue weighted by atomic mass is 16.5. The van der Waals surface area contributed by atoms with Gasteiger partial charge in [0.15, 0.2) is 5.78 Å². The highest BCUT2D eigenvalue weighted by Gasteiger charge is 2.39. The molecule has 0 spiro atoms. The summed E-state index contributed by atoms with van der Waals surface area (Å²) < 4.78 is 4.33. The zero-order valence-corrected chi connectivity index (χ0v) is 7.02. The number of carbonyl (C=O) groups is 3. The first-order chi connectivity index (χ1) is 6.06. The number of hydrogen-bond acceptors (Lipinski definition) is 4. The molecule has 0 bridgehead atoms. The molecule has 0 aromatic carbocycles. The van der Waals surface area contributed by atoms with E-state index in [1.807, 2.05) is 0 Å². The number of rotatable bonds is 1. The Hall–Kier alpha value is -1.59. The molecular formula is C7H9NO5. The Morgan fingerprint density at radius 2 is 2.23 bits per heavy atom. The first-order valence-corrected chi connectivity index (χ1v) is 3.65. The third kappa shape index (κ3) is 1.77. The molecule has 0 unspecified atom stereocenters. The average Bonchev–Trinajstić information content (AvgIpc) is 2.46. The van der Waals surface area contributed by atoms with E-state index < -0.39 is 18.1 Å². The van der Waals surface area contributed by atoms with Crippen LogP contribution in [-0.4, -0.2) is 47.5 Å². The molecule has 0 aromatic rings. The normalized spacial score (nSPS) is 21.8. The van der Waals surface area contributed by atoms with Gasteiger partial charge in [-0.1, -0.05) is 0 Å². The molecule has 1 N–H and O–H groups in total. The Morgan fingerprint density at radius 1 is 1.62 bits per heavy atom. The molecule has 1 rings (SSSR count). The number of carboxylic acids is 1. The second-order valence-electron chi connectivity index (χ2n) is 2.69. The van der Waals surface area contributed by atoms with Crippen LogP contribution in [0.1, 0.15) is 6.42 Å². The predicted octanol–water partition coefficient (Wildman–Crippen LogP) is -0.519. The SMILES string of the molecule is COC(=O)N1CC(=O)C[C@H]1C(=O)O. The van der Waals surface area contributed by atoms with Gasteiger partial charge in [-0.3, -0.25) is 9.69 Å². The molecule has 0 saturated carbocycles. The van der Waals surface area contributed by atoms with Crippen molar-refractivity contribution in [3.63, 3.8) is 0 Å². The van der Waals surface area contributed by atoms with Crippen molar-refractivity contribution in [2.45, 2.75) is 12.5 Å². The van der Waals surface area contributed by atoms with Crippen LogP contribution in [0.2, 0.25) is 0 Å². The Labute approximate surface area is 74.1 Å². The Kier molecular flexibility index (Phi) is 2.50. The Balaban J connectivity index is 2.77. The van der Waals surface area contributed by atoms with Crippen molar-refractivity contribution in [1.82, 2.24) is 4.90 Å². The number of carboxylic acid groups (broad SMARTS) is 1. The van der Waals surface area contributed by atoms with Gasteiger partial charge in [-0.15, -0.1) is 0 Å². The fourth-order valence-corrected chi connectivity index (χ4v) is 1.22. The molecule has 1 aliphatic heterocycles. The molecule has 0 aliphatic carbocycles.